The summed E-state index contributed by atoms with van der Waals surface area (Å²) >= 11 is 3.22. The summed E-state index contributed by atoms with van der Waals surface area (Å²) < 4.78 is 0.690. The molecule has 0 aromatic carbocycles. The number of rotatable bonds is 3. The first-order valence-corrected chi connectivity index (χ1v) is 6.70. The largest absolute Gasteiger partial charge is 0.480 e. The maximum Gasteiger partial charge on any atom is 0.317 e. The van der Waals surface area contributed by atoms with Crippen LogP contribution >= 0.6 is 15.9 Å². The molecule has 7 heteroatoms. The molecular weight excluding hydrogens is 314 g/mol. The predicted octanol–water partition coefficient (Wildman–Crippen LogP) is 0.687. The maximum absolute atomic E-state index is 12.2. The number of halogens is 1. The van der Waals surface area contributed by atoms with Crippen LogP contribution in [0.25, 0.3) is 0 Å². The van der Waals surface area contributed by atoms with Crippen LogP contribution in [0.4, 0.5) is 0 Å². The number of carbonyl (C=O) groups excluding carboxylic acids is 1. The molecule has 102 valence electrons. The summed E-state index contributed by atoms with van der Waals surface area (Å²) in [5.41, 5.74) is 0.551. The molecule has 1 aromatic heterocycles. The molecule has 0 unspecified atom stereocenters. The van der Waals surface area contributed by atoms with E-state index in [2.05, 4.69) is 20.9 Å². The predicted molar refractivity (Wildman–Crippen MR) is 71.9 cm³/mol. The number of hydrogen-bond donors (Lipinski definition) is 1. The summed E-state index contributed by atoms with van der Waals surface area (Å²) in [5, 5.41) is 8.71. The Kier molecular flexibility index (Phi) is 4.49. The van der Waals surface area contributed by atoms with Crippen LogP contribution in [0.5, 0.6) is 0 Å². The third-order valence-electron chi connectivity index (χ3n) is 2.99. The van der Waals surface area contributed by atoms with Gasteiger partial charge in [-0.3, -0.25) is 14.5 Å². The van der Waals surface area contributed by atoms with Crippen molar-refractivity contribution in [2.24, 2.45) is 0 Å². The Morgan fingerprint density at radius 2 is 1.95 bits per heavy atom. The van der Waals surface area contributed by atoms with Crippen LogP contribution in [0.3, 0.4) is 0 Å². The molecule has 1 fully saturated rings. The van der Waals surface area contributed by atoms with E-state index in [-0.39, 0.29) is 12.5 Å². The van der Waals surface area contributed by atoms with Gasteiger partial charge in [0.15, 0.2) is 0 Å². The highest BCUT2D eigenvalue weighted by molar-refractivity contribution is 9.10. The minimum absolute atomic E-state index is 0.0296. The summed E-state index contributed by atoms with van der Waals surface area (Å²) in [7, 11) is 0. The van der Waals surface area contributed by atoms with Crippen LogP contribution in [0, 0.1) is 0 Å². The smallest absolute Gasteiger partial charge is 0.317 e. The Bertz CT molecular complexity index is 470. The maximum atomic E-state index is 12.2. The van der Waals surface area contributed by atoms with Crippen molar-refractivity contribution in [3.8, 4) is 0 Å². The fraction of sp³-hybridized carbons (Fsp3) is 0.417. The molecule has 1 aliphatic heterocycles. The monoisotopic (exact) mass is 327 g/mol. The summed E-state index contributed by atoms with van der Waals surface area (Å²) in [6.45, 7) is 2.29. The van der Waals surface area contributed by atoms with Crippen molar-refractivity contribution in [3.05, 3.63) is 28.5 Å². The normalized spacial score (nSPS) is 16.4. The number of amides is 1. The number of aliphatic carboxylic acids is 1. The van der Waals surface area contributed by atoms with Crippen molar-refractivity contribution in [1.29, 1.82) is 0 Å². The quantitative estimate of drug-likeness (QED) is 0.827. The zero-order valence-electron chi connectivity index (χ0n) is 10.3. The second kappa shape index (κ2) is 6.12. The highest BCUT2D eigenvalue weighted by atomic mass is 79.9. The van der Waals surface area contributed by atoms with Crippen LogP contribution in [0.2, 0.25) is 0 Å². The van der Waals surface area contributed by atoms with Gasteiger partial charge in [0.05, 0.1) is 12.1 Å². The minimum atomic E-state index is -0.836. The SMILES string of the molecule is O=C(O)CN1CCN(C(=O)c2ccc(Br)nc2)CC1. The van der Waals surface area contributed by atoms with Crippen molar-refractivity contribution in [3.63, 3.8) is 0 Å². The van der Waals surface area contributed by atoms with E-state index >= 15 is 0 Å². The molecule has 2 rings (SSSR count). The molecule has 0 atom stereocenters. The molecule has 0 aliphatic carbocycles. The molecule has 0 spiro atoms. The topological polar surface area (TPSA) is 73.7 Å². The standard InChI is InChI=1S/C12H14BrN3O3/c13-10-2-1-9(7-14-10)12(19)16-5-3-15(4-6-16)8-11(17)18/h1-2,7H,3-6,8H2,(H,17,18). The van der Waals surface area contributed by atoms with Gasteiger partial charge in [-0.25, -0.2) is 4.98 Å². The molecule has 1 aliphatic rings. The number of pyridine rings is 1. The van der Waals surface area contributed by atoms with Crippen LogP contribution < -0.4 is 0 Å². The van der Waals surface area contributed by atoms with Crippen molar-refractivity contribution >= 4 is 27.8 Å². The summed E-state index contributed by atoms with van der Waals surface area (Å²) in [6.07, 6.45) is 1.54. The third-order valence-corrected chi connectivity index (χ3v) is 3.46. The van der Waals surface area contributed by atoms with Gasteiger partial charge in [0, 0.05) is 32.4 Å². The number of carboxylic acids is 1. The lowest BCUT2D eigenvalue weighted by Gasteiger charge is -2.33. The number of nitrogens with zero attached hydrogens (tertiary/aromatic N) is 3. The highest BCUT2D eigenvalue weighted by Crippen LogP contribution is 2.11. The molecule has 0 saturated carbocycles. The molecule has 19 heavy (non-hydrogen) atoms. The Labute approximate surface area is 119 Å². The van der Waals surface area contributed by atoms with E-state index in [9.17, 15) is 9.59 Å². The Morgan fingerprint density at radius 3 is 2.47 bits per heavy atom. The van der Waals surface area contributed by atoms with Gasteiger partial charge in [0.2, 0.25) is 0 Å². The average Bonchev–Trinajstić information content (AvgIpc) is 2.39. The molecular formula is C12H14BrN3O3. The molecule has 2 heterocycles. The van der Waals surface area contributed by atoms with Crippen molar-refractivity contribution in [2.45, 2.75) is 0 Å². The number of carboxylic acid groups (broad SMARTS) is 1. The average molecular weight is 328 g/mol. The van der Waals surface area contributed by atoms with E-state index in [1.165, 1.54) is 6.20 Å². The highest BCUT2D eigenvalue weighted by Gasteiger charge is 2.23. The molecule has 1 saturated heterocycles. The number of piperazine rings is 1. The van der Waals surface area contributed by atoms with Gasteiger partial charge in [-0.2, -0.15) is 0 Å². The molecule has 1 aromatic rings. The summed E-state index contributed by atoms with van der Waals surface area (Å²) in [4.78, 5) is 30.4. The van der Waals surface area contributed by atoms with E-state index in [4.69, 9.17) is 5.11 Å². The number of aromatic nitrogens is 1. The van der Waals surface area contributed by atoms with Gasteiger partial charge in [-0.15, -0.1) is 0 Å². The van der Waals surface area contributed by atoms with Crippen LogP contribution in [0.15, 0.2) is 22.9 Å². The van der Waals surface area contributed by atoms with Gasteiger partial charge in [-0.1, -0.05) is 0 Å². The zero-order valence-corrected chi connectivity index (χ0v) is 11.8. The third kappa shape index (κ3) is 3.74. The first-order valence-electron chi connectivity index (χ1n) is 5.91. The van der Waals surface area contributed by atoms with E-state index in [0.717, 1.165) is 0 Å². The van der Waals surface area contributed by atoms with Gasteiger partial charge >= 0.3 is 5.97 Å². The van der Waals surface area contributed by atoms with Crippen LogP contribution in [-0.2, 0) is 4.79 Å². The van der Waals surface area contributed by atoms with Crippen molar-refractivity contribution in [2.75, 3.05) is 32.7 Å². The Hall–Kier alpha value is -1.47. The van der Waals surface area contributed by atoms with E-state index < -0.39 is 5.97 Å². The molecule has 1 amide bonds. The fourth-order valence-electron chi connectivity index (χ4n) is 1.99. The Balaban J connectivity index is 1.92. The number of hydrogen-bond acceptors (Lipinski definition) is 4. The van der Waals surface area contributed by atoms with E-state index in [1.807, 2.05) is 4.90 Å². The fourth-order valence-corrected chi connectivity index (χ4v) is 2.22. The minimum Gasteiger partial charge on any atom is -0.480 e. The van der Waals surface area contributed by atoms with Gasteiger partial charge < -0.3 is 10.0 Å². The molecule has 1 N–H and O–H groups in total. The van der Waals surface area contributed by atoms with Crippen molar-refractivity contribution in [1.82, 2.24) is 14.8 Å². The summed E-state index contributed by atoms with van der Waals surface area (Å²) in [5.74, 6) is -0.896. The lowest BCUT2D eigenvalue weighted by atomic mass is 10.2. The number of carbonyl (C=O) groups is 2. The van der Waals surface area contributed by atoms with Gasteiger partial charge in [0.1, 0.15) is 4.60 Å². The van der Waals surface area contributed by atoms with Gasteiger partial charge in [-0.05, 0) is 28.1 Å². The second-order valence-electron chi connectivity index (χ2n) is 4.33. The Morgan fingerprint density at radius 1 is 1.26 bits per heavy atom. The first-order chi connectivity index (χ1) is 9.06. The lowest BCUT2D eigenvalue weighted by Crippen LogP contribution is -2.49. The summed E-state index contributed by atoms with van der Waals surface area (Å²) in [6, 6.07) is 3.46. The lowest BCUT2D eigenvalue weighted by molar-refractivity contribution is -0.138. The molecule has 0 radical (unpaired) electrons. The van der Waals surface area contributed by atoms with E-state index in [0.29, 0.717) is 36.3 Å². The first kappa shape index (κ1) is 14.0. The molecule has 6 nitrogen and oxygen atoms in total. The zero-order chi connectivity index (χ0) is 13.8. The van der Waals surface area contributed by atoms with E-state index in [1.54, 1.807) is 17.0 Å². The molecule has 0 bridgehead atoms. The van der Waals surface area contributed by atoms with Crippen molar-refractivity contribution < 1.29 is 14.7 Å². The van der Waals surface area contributed by atoms with Crippen LogP contribution in [-0.4, -0.2) is 64.5 Å². The van der Waals surface area contributed by atoms with Gasteiger partial charge in [0.25, 0.3) is 5.91 Å². The second-order valence-corrected chi connectivity index (χ2v) is 5.14. The van der Waals surface area contributed by atoms with Crippen LogP contribution in [0.1, 0.15) is 10.4 Å².